The van der Waals surface area contributed by atoms with Crippen LogP contribution in [-0.2, 0) is 29.4 Å². The number of sulfonamides is 1. The third-order valence-corrected chi connectivity index (χ3v) is 4.37. The first kappa shape index (κ1) is 12.7. The summed E-state index contributed by atoms with van der Waals surface area (Å²) in [6.45, 7) is 0.356. The van der Waals surface area contributed by atoms with Gasteiger partial charge >= 0.3 is 0 Å². The van der Waals surface area contributed by atoms with Crippen LogP contribution < -0.4 is 4.72 Å². The molecule has 1 aromatic heterocycles. The molecule has 0 amide bonds. The van der Waals surface area contributed by atoms with Crippen molar-refractivity contribution in [3.63, 3.8) is 0 Å². The minimum Gasteiger partial charge on any atom is -0.358 e. The van der Waals surface area contributed by atoms with Crippen molar-refractivity contribution in [2.75, 3.05) is 6.26 Å². The van der Waals surface area contributed by atoms with Crippen molar-refractivity contribution in [1.29, 1.82) is 0 Å². The monoisotopic (exact) mass is 278 g/mol. The molecule has 0 saturated carbocycles. The molecule has 0 bridgehead atoms. The first-order valence-corrected chi connectivity index (χ1v) is 8.49. The SMILES string of the molecule is CS(=O)(=O)NCc1ccc2[nH]c3c(c2c1)CCCC3. The minimum atomic E-state index is -3.14. The van der Waals surface area contributed by atoms with Gasteiger partial charge in [0.2, 0.25) is 10.0 Å². The fourth-order valence-electron chi connectivity index (χ4n) is 2.78. The average molecular weight is 278 g/mol. The van der Waals surface area contributed by atoms with E-state index in [1.54, 1.807) is 0 Å². The molecule has 0 fully saturated rings. The second-order valence-corrected chi connectivity index (χ2v) is 7.10. The van der Waals surface area contributed by atoms with Crippen molar-refractivity contribution < 1.29 is 8.42 Å². The maximum atomic E-state index is 11.1. The van der Waals surface area contributed by atoms with Gasteiger partial charge in [0.05, 0.1) is 6.26 Å². The fourth-order valence-corrected chi connectivity index (χ4v) is 3.21. The van der Waals surface area contributed by atoms with E-state index in [2.05, 4.69) is 15.8 Å². The van der Waals surface area contributed by atoms with E-state index in [4.69, 9.17) is 0 Å². The smallest absolute Gasteiger partial charge is 0.209 e. The maximum absolute atomic E-state index is 11.1. The predicted molar refractivity (Wildman–Crippen MR) is 76.6 cm³/mol. The summed E-state index contributed by atoms with van der Waals surface area (Å²) in [4.78, 5) is 3.48. The molecule has 19 heavy (non-hydrogen) atoms. The van der Waals surface area contributed by atoms with Gasteiger partial charge in [-0.05, 0) is 48.9 Å². The summed E-state index contributed by atoms with van der Waals surface area (Å²) in [7, 11) is -3.14. The Morgan fingerprint density at radius 3 is 2.84 bits per heavy atom. The highest BCUT2D eigenvalue weighted by Crippen LogP contribution is 2.29. The predicted octanol–water partition coefficient (Wildman–Crippen LogP) is 2.10. The lowest BCUT2D eigenvalue weighted by molar-refractivity contribution is 0.587. The number of aryl methyl sites for hydroxylation is 2. The molecule has 1 heterocycles. The highest BCUT2D eigenvalue weighted by Gasteiger charge is 2.15. The van der Waals surface area contributed by atoms with E-state index in [0.717, 1.165) is 23.9 Å². The van der Waals surface area contributed by atoms with E-state index in [1.807, 2.05) is 12.1 Å². The Bertz CT molecular complexity index is 716. The fraction of sp³-hybridized carbons (Fsp3) is 0.429. The number of benzene rings is 1. The summed E-state index contributed by atoms with van der Waals surface area (Å²) in [5, 5.41) is 1.25. The molecule has 4 nitrogen and oxygen atoms in total. The molecule has 1 aliphatic rings. The number of H-pyrrole nitrogens is 1. The Labute approximate surface area is 113 Å². The van der Waals surface area contributed by atoms with Crippen LogP contribution >= 0.6 is 0 Å². The number of hydrogen-bond donors (Lipinski definition) is 2. The summed E-state index contributed by atoms with van der Waals surface area (Å²) in [5.41, 5.74) is 4.94. The first-order valence-electron chi connectivity index (χ1n) is 6.60. The number of nitrogens with one attached hydrogen (secondary N) is 2. The lowest BCUT2D eigenvalue weighted by Crippen LogP contribution is -2.21. The zero-order valence-electron chi connectivity index (χ0n) is 11.0. The molecule has 5 heteroatoms. The Morgan fingerprint density at radius 2 is 2.05 bits per heavy atom. The standard InChI is InChI=1S/C14H18N2O2S/c1-19(17,18)15-9-10-6-7-14-12(8-10)11-4-2-3-5-13(11)16-14/h6-8,15-16H,2-5,9H2,1H3. The Morgan fingerprint density at radius 1 is 1.26 bits per heavy atom. The molecular formula is C14H18N2O2S. The molecule has 0 atom stereocenters. The summed E-state index contributed by atoms with van der Waals surface area (Å²) in [6.07, 6.45) is 5.93. The quantitative estimate of drug-likeness (QED) is 0.903. The highest BCUT2D eigenvalue weighted by atomic mass is 32.2. The third-order valence-electron chi connectivity index (χ3n) is 3.70. The summed E-state index contributed by atoms with van der Waals surface area (Å²) < 4.78 is 24.8. The van der Waals surface area contributed by atoms with Gasteiger partial charge < -0.3 is 4.98 Å². The molecule has 0 saturated heterocycles. The molecule has 0 aliphatic heterocycles. The molecule has 1 aromatic carbocycles. The van der Waals surface area contributed by atoms with Crippen molar-refractivity contribution in [2.24, 2.45) is 0 Å². The number of aromatic nitrogens is 1. The Hall–Kier alpha value is -1.33. The molecule has 2 aromatic rings. The Balaban J connectivity index is 1.96. The highest BCUT2D eigenvalue weighted by molar-refractivity contribution is 7.88. The van der Waals surface area contributed by atoms with E-state index in [9.17, 15) is 8.42 Å². The van der Waals surface area contributed by atoms with Crippen LogP contribution in [0.15, 0.2) is 18.2 Å². The van der Waals surface area contributed by atoms with Crippen molar-refractivity contribution in [3.8, 4) is 0 Å². The van der Waals surface area contributed by atoms with Gasteiger partial charge in [-0.25, -0.2) is 13.1 Å². The van der Waals surface area contributed by atoms with Gasteiger partial charge in [-0.2, -0.15) is 0 Å². The van der Waals surface area contributed by atoms with E-state index in [-0.39, 0.29) is 0 Å². The van der Waals surface area contributed by atoms with Crippen LogP contribution in [0.4, 0.5) is 0 Å². The van der Waals surface area contributed by atoms with Crippen molar-refractivity contribution >= 4 is 20.9 Å². The maximum Gasteiger partial charge on any atom is 0.209 e. The van der Waals surface area contributed by atoms with Crippen LogP contribution in [0.2, 0.25) is 0 Å². The minimum absolute atomic E-state index is 0.356. The van der Waals surface area contributed by atoms with Crippen molar-refractivity contribution in [2.45, 2.75) is 32.2 Å². The average Bonchev–Trinajstić information content (AvgIpc) is 2.73. The van der Waals surface area contributed by atoms with Crippen LogP contribution in [0.3, 0.4) is 0 Å². The topological polar surface area (TPSA) is 62.0 Å². The molecule has 102 valence electrons. The third kappa shape index (κ3) is 2.67. The van der Waals surface area contributed by atoms with Crippen LogP contribution in [-0.4, -0.2) is 19.7 Å². The largest absolute Gasteiger partial charge is 0.358 e. The number of hydrogen-bond acceptors (Lipinski definition) is 2. The zero-order chi connectivity index (χ0) is 13.5. The summed E-state index contributed by atoms with van der Waals surface area (Å²) in [6, 6.07) is 6.13. The summed E-state index contributed by atoms with van der Waals surface area (Å²) in [5.74, 6) is 0. The van der Waals surface area contributed by atoms with Gasteiger partial charge in [0.25, 0.3) is 0 Å². The molecule has 0 radical (unpaired) electrons. The van der Waals surface area contributed by atoms with E-state index >= 15 is 0 Å². The van der Waals surface area contributed by atoms with Crippen LogP contribution in [0.5, 0.6) is 0 Å². The van der Waals surface area contributed by atoms with E-state index in [1.165, 1.54) is 35.7 Å². The van der Waals surface area contributed by atoms with Crippen LogP contribution in [0.1, 0.15) is 29.7 Å². The Kier molecular flexibility index (Phi) is 3.11. The first-order chi connectivity index (χ1) is 9.03. The molecular weight excluding hydrogens is 260 g/mol. The van der Waals surface area contributed by atoms with E-state index in [0.29, 0.717) is 6.54 Å². The molecule has 1 aliphatic carbocycles. The number of aromatic amines is 1. The van der Waals surface area contributed by atoms with Gasteiger partial charge in [-0.1, -0.05) is 6.07 Å². The van der Waals surface area contributed by atoms with Gasteiger partial charge in [-0.3, -0.25) is 0 Å². The molecule has 0 unspecified atom stereocenters. The molecule has 0 spiro atoms. The lowest BCUT2D eigenvalue weighted by atomic mass is 9.95. The second kappa shape index (κ2) is 4.65. The van der Waals surface area contributed by atoms with Crippen molar-refractivity contribution in [1.82, 2.24) is 9.71 Å². The number of rotatable bonds is 3. The molecule has 2 N–H and O–H groups in total. The van der Waals surface area contributed by atoms with Crippen LogP contribution in [0.25, 0.3) is 10.9 Å². The number of fused-ring (bicyclic) bond motifs is 3. The van der Waals surface area contributed by atoms with Gasteiger partial charge in [0, 0.05) is 23.1 Å². The van der Waals surface area contributed by atoms with Crippen LogP contribution in [0, 0.1) is 0 Å². The second-order valence-electron chi connectivity index (χ2n) is 5.26. The van der Waals surface area contributed by atoms with E-state index < -0.39 is 10.0 Å². The van der Waals surface area contributed by atoms with Gasteiger partial charge in [0.15, 0.2) is 0 Å². The normalized spacial score (nSPS) is 15.6. The van der Waals surface area contributed by atoms with Gasteiger partial charge in [0.1, 0.15) is 0 Å². The zero-order valence-corrected chi connectivity index (χ0v) is 11.8. The molecule has 3 rings (SSSR count). The summed E-state index contributed by atoms with van der Waals surface area (Å²) >= 11 is 0. The van der Waals surface area contributed by atoms with Crippen molar-refractivity contribution in [3.05, 3.63) is 35.0 Å². The van der Waals surface area contributed by atoms with Gasteiger partial charge in [-0.15, -0.1) is 0 Å². The lowest BCUT2D eigenvalue weighted by Gasteiger charge is -2.10.